The number of thiazole rings is 1. The van der Waals surface area contributed by atoms with Crippen LogP contribution in [-0.2, 0) is 12.8 Å². The Kier molecular flexibility index (Phi) is 3.57. The van der Waals surface area contributed by atoms with Gasteiger partial charge in [-0.3, -0.25) is 0 Å². The molecule has 1 aromatic heterocycles. The Labute approximate surface area is 119 Å². The lowest BCUT2D eigenvalue weighted by Gasteiger charge is -2.06. The number of aromatic nitrogens is 1. The van der Waals surface area contributed by atoms with Gasteiger partial charge in [-0.15, -0.1) is 0 Å². The third kappa shape index (κ3) is 2.70. The molecule has 0 saturated heterocycles. The average Bonchev–Trinajstić information content (AvgIpc) is 2.79. The summed E-state index contributed by atoms with van der Waals surface area (Å²) in [6.45, 7) is 0. The first-order valence-corrected chi connectivity index (χ1v) is 7.70. The summed E-state index contributed by atoms with van der Waals surface area (Å²) in [5.74, 6) is 0. The Bertz CT molecular complexity index is 566. The molecule has 0 amide bonds. The van der Waals surface area contributed by atoms with Gasteiger partial charge in [-0.2, -0.15) is 0 Å². The maximum absolute atomic E-state index is 4.60. The predicted octanol–water partition coefficient (Wildman–Crippen LogP) is 4.54. The molecule has 1 heterocycles. The van der Waals surface area contributed by atoms with Crippen LogP contribution >= 0.6 is 27.3 Å². The van der Waals surface area contributed by atoms with E-state index in [0.717, 1.165) is 21.6 Å². The fourth-order valence-corrected chi connectivity index (χ4v) is 3.52. The van der Waals surface area contributed by atoms with Gasteiger partial charge in [0.15, 0.2) is 0 Å². The van der Waals surface area contributed by atoms with Crippen LogP contribution in [0, 0.1) is 0 Å². The molecule has 0 spiro atoms. The zero-order valence-corrected chi connectivity index (χ0v) is 12.3. The number of benzene rings is 1. The molecule has 0 unspecified atom stereocenters. The molecular formula is C14H13BrN2S. The standard InChI is InChI=1S/C14H13BrN2S/c15-11-5-3-4-10(8-11)9-16-14-17-12-6-1-2-7-13(12)18-14/h3-5,8-9H,1-2,6-7H2/b16-9+. The lowest BCUT2D eigenvalue weighted by Crippen LogP contribution is -1.98. The quantitative estimate of drug-likeness (QED) is 0.746. The monoisotopic (exact) mass is 320 g/mol. The van der Waals surface area contributed by atoms with Crippen LogP contribution in [0.4, 0.5) is 5.13 Å². The molecular weight excluding hydrogens is 308 g/mol. The van der Waals surface area contributed by atoms with Gasteiger partial charge in [0.05, 0.1) is 5.69 Å². The van der Waals surface area contributed by atoms with E-state index in [0.29, 0.717) is 0 Å². The van der Waals surface area contributed by atoms with Crippen molar-refractivity contribution in [2.24, 2.45) is 4.99 Å². The molecule has 18 heavy (non-hydrogen) atoms. The third-order valence-electron chi connectivity index (χ3n) is 3.01. The molecule has 0 bridgehead atoms. The third-order valence-corrected chi connectivity index (χ3v) is 4.57. The van der Waals surface area contributed by atoms with Gasteiger partial charge in [0.1, 0.15) is 0 Å². The van der Waals surface area contributed by atoms with Crippen molar-refractivity contribution in [3.05, 3.63) is 44.9 Å². The first kappa shape index (κ1) is 12.1. The number of halogens is 1. The van der Waals surface area contributed by atoms with Gasteiger partial charge < -0.3 is 0 Å². The highest BCUT2D eigenvalue weighted by Gasteiger charge is 2.14. The second-order valence-corrected chi connectivity index (χ2v) is 6.36. The fraction of sp³-hybridized carbons (Fsp3) is 0.286. The molecule has 92 valence electrons. The minimum Gasteiger partial charge on any atom is -0.227 e. The lowest BCUT2D eigenvalue weighted by molar-refractivity contribution is 0.682. The van der Waals surface area contributed by atoms with E-state index < -0.39 is 0 Å². The zero-order chi connectivity index (χ0) is 12.4. The molecule has 2 aromatic rings. The molecule has 0 aliphatic heterocycles. The number of hydrogen-bond donors (Lipinski definition) is 0. The molecule has 1 aliphatic rings. The number of aliphatic imine (C=N–C) groups is 1. The Morgan fingerprint density at radius 2 is 2.17 bits per heavy atom. The second-order valence-electron chi connectivity index (χ2n) is 4.39. The van der Waals surface area contributed by atoms with E-state index in [1.807, 2.05) is 24.4 Å². The number of hydrogen-bond acceptors (Lipinski definition) is 3. The van der Waals surface area contributed by atoms with Crippen LogP contribution in [0.15, 0.2) is 33.7 Å². The maximum atomic E-state index is 4.60. The highest BCUT2D eigenvalue weighted by Crippen LogP contribution is 2.31. The molecule has 0 N–H and O–H groups in total. The Balaban J connectivity index is 1.82. The summed E-state index contributed by atoms with van der Waals surface area (Å²) in [6, 6.07) is 8.12. The lowest BCUT2D eigenvalue weighted by atomic mass is 10.0. The van der Waals surface area contributed by atoms with Crippen LogP contribution in [0.25, 0.3) is 0 Å². The number of fused-ring (bicyclic) bond motifs is 1. The smallest absolute Gasteiger partial charge is 0.209 e. The first-order valence-electron chi connectivity index (χ1n) is 6.09. The van der Waals surface area contributed by atoms with Crippen molar-refractivity contribution in [2.75, 3.05) is 0 Å². The summed E-state index contributed by atoms with van der Waals surface area (Å²) in [4.78, 5) is 10.5. The normalized spacial score (nSPS) is 14.9. The SMILES string of the molecule is Brc1cccc(/C=N/c2nc3c(s2)CCCC3)c1. The minimum atomic E-state index is 0.891. The van der Waals surface area contributed by atoms with Gasteiger partial charge in [-0.1, -0.05) is 39.4 Å². The van der Waals surface area contributed by atoms with E-state index >= 15 is 0 Å². The van der Waals surface area contributed by atoms with Crippen LogP contribution in [0.5, 0.6) is 0 Å². The van der Waals surface area contributed by atoms with Crippen LogP contribution < -0.4 is 0 Å². The van der Waals surface area contributed by atoms with Crippen LogP contribution in [0.1, 0.15) is 29.0 Å². The largest absolute Gasteiger partial charge is 0.227 e. The Morgan fingerprint density at radius 1 is 1.28 bits per heavy atom. The summed E-state index contributed by atoms with van der Waals surface area (Å²) in [5.41, 5.74) is 2.37. The molecule has 1 aromatic carbocycles. The number of nitrogens with zero attached hydrogens (tertiary/aromatic N) is 2. The Hall–Kier alpha value is -1.00. The molecule has 4 heteroatoms. The van der Waals surface area contributed by atoms with Crippen molar-refractivity contribution in [2.45, 2.75) is 25.7 Å². The second kappa shape index (κ2) is 5.33. The van der Waals surface area contributed by atoms with Gasteiger partial charge in [-0.25, -0.2) is 9.98 Å². The van der Waals surface area contributed by atoms with E-state index in [9.17, 15) is 0 Å². The summed E-state index contributed by atoms with van der Waals surface area (Å²) >= 11 is 5.20. The van der Waals surface area contributed by atoms with E-state index in [1.165, 1.54) is 29.8 Å². The molecule has 1 aliphatic carbocycles. The zero-order valence-electron chi connectivity index (χ0n) is 9.90. The van der Waals surface area contributed by atoms with Crippen molar-refractivity contribution in [3.63, 3.8) is 0 Å². The minimum absolute atomic E-state index is 0.891. The molecule has 0 atom stereocenters. The Morgan fingerprint density at radius 3 is 3.00 bits per heavy atom. The van der Waals surface area contributed by atoms with Crippen molar-refractivity contribution in [1.82, 2.24) is 4.98 Å². The van der Waals surface area contributed by atoms with Crippen molar-refractivity contribution < 1.29 is 0 Å². The van der Waals surface area contributed by atoms with Gasteiger partial charge in [0.2, 0.25) is 5.13 Å². The molecule has 0 saturated carbocycles. The molecule has 0 fully saturated rings. The molecule has 2 nitrogen and oxygen atoms in total. The topological polar surface area (TPSA) is 25.2 Å². The predicted molar refractivity (Wildman–Crippen MR) is 80.2 cm³/mol. The van der Waals surface area contributed by atoms with Crippen molar-refractivity contribution >= 4 is 38.6 Å². The first-order chi connectivity index (χ1) is 8.81. The molecule has 0 radical (unpaired) electrons. The summed E-state index contributed by atoms with van der Waals surface area (Å²) < 4.78 is 1.07. The highest BCUT2D eigenvalue weighted by atomic mass is 79.9. The van der Waals surface area contributed by atoms with E-state index in [1.54, 1.807) is 11.3 Å². The van der Waals surface area contributed by atoms with Crippen LogP contribution in [0.3, 0.4) is 0 Å². The van der Waals surface area contributed by atoms with E-state index in [4.69, 9.17) is 0 Å². The number of rotatable bonds is 2. The maximum Gasteiger partial charge on any atom is 0.209 e. The van der Waals surface area contributed by atoms with Gasteiger partial charge in [0, 0.05) is 15.6 Å². The van der Waals surface area contributed by atoms with Gasteiger partial charge >= 0.3 is 0 Å². The number of aryl methyl sites for hydroxylation is 2. The average molecular weight is 321 g/mol. The van der Waals surface area contributed by atoms with E-state index in [-0.39, 0.29) is 0 Å². The molecule has 3 rings (SSSR count). The summed E-state index contributed by atoms with van der Waals surface area (Å²) in [6.07, 6.45) is 6.75. The summed E-state index contributed by atoms with van der Waals surface area (Å²) in [5, 5.41) is 0.891. The van der Waals surface area contributed by atoms with Gasteiger partial charge in [0.25, 0.3) is 0 Å². The summed E-state index contributed by atoms with van der Waals surface area (Å²) in [7, 11) is 0. The fourth-order valence-electron chi connectivity index (χ4n) is 2.11. The van der Waals surface area contributed by atoms with Crippen LogP contribution in [0.2, 0.25) is 0 Å². The van der Waals surface area contributed by atoms with Crippen molar-refractivity contribution in [3.8, 4) is 0 Å². The van der Waals surface area contributed by atoms with Gasteiger partial charge in [-0.05, 0) is 43.4 Å². The van der Waals surface area contributed by atoms with Crippen LogP contribution in [-0.4, -0.2) is 11.2 Å². The highest BCUT2D eigenvalue weighted by molar-refractivity contribution is 9.10. The van der Waals surface area contributed by atoms with Crippen molar-refractivity contribution in [1.29, 1.82) is 0 Å². The van der Waals surface area contributed by atoms with E-state index in [2.05, 4.69) is 32.0 Å².